The lowest BCUT2D eigenvalue weighted by Crippen LogP contribution is -2.43. The summed E-state index contributed by atoms with van der Waals surface area (Å²) in [7, 11) is 0. The van der Waals surface area contributed by atoms with Crippen molar-refractivity contribution in [2.24, 2.45) is 5.92 Å². The lowest BCUT2D eigenvalue weighted by atomic mass is 9.94. The molecule has 3 N–H and O–H groups in total. The molecule has 15 heavy (non-hydrogen) atoms. The standard InChI is InChI=1S/C11H24N2O2/c1-5-13-10(14)7-12-8-11(4,15)6-9(2)3/h9,12,15H,5-8H2,1-4H3,(H,13,14). The zero-order chi connectivity index (χ0) is 11.9. The summed E-state index contributed by atoms with van der Waals surface area (Å²) < 4.78 is 0. The number of likely N-dealkylation sites (N-methyl/N-ethyl adjacent to an activating group) is 1. The highest BCUT2D eigenvalue weighted by molar-refractivity contribution is 5.77. The van der Waals surface area contributed by atoms with E-state index in [0.717, 1.165) is 6.42 Å². The van der Waals surface area contributed by atoms with E-state index < -0.39 is 5.60 Å². The first-order valence-corrected chi connectivity index (χ1v) is 5.57. The van der Waals surface area contributed by atoms with E-state index in [2.05, 4.69) is 24.5 Å². The van der Waals surface area contributed by atoms with E-state index in [0.29, 0.717) is 19.0 Å². The second-order valence-electron chi connectivity index (χ2n) is 4.65. The number of nitrogens with one attached hydrogen (secondary N) is 2. The topological polar surface area (TPSA) is 61.4 Å². The Balaban J connectivity index is 3.69. The fourth-order valence-corrected chi connectivity index (χ4v) is 1.66. The van der Waals surface area contributed by atoms with Crippen LogP contribution in [0.3, 0.4) is 0 Å². The Kier molecular flexibility index (Phi) is 6.52. The number of aliphatic hydroxyl groups is 1. The molecule has 0 aliphatic carbocycles. The summed E-state index contributed by atoms with van der Waals surface area (Å²) in [5.74, 6) is 0.420. The van der Waals surface area contributed by atoms with Gasteiger partial charge in [0.25, 0.3) is 0 Å². The third-order valence-electron chi connectivity index (χ3n) is 2.01. The average molecular weight is 216 g/mol. The van der Waals surface area contributed by atoms with Gasteiger partial charge in [-0.1, -0.05) is 13.8 Å². The normalized spacial score (nSPS) is 15.1. The van der Waals surface area contributed by atoms with Crippen LogP contribution in [0, 0.1) is 5.92 Å². The SMILES string of the molecule is CCNC(=O)CNCC(C)(O)CC(C)C. The van der Waals surface area contributed by atoms with E-state index in [9.17, 15) is 9.90 Å². The highest BCUT2D eigenvalue weighted by Gasteiger charge is 2.21. The summed E-state index contributed by atoms with van der Waals surface area (Å²) in [5, 5.41) is 15.6. The number of carbonyl (C=O) groups is 1. The molecule has 0 radical (unpaired) electrons. The molecule has 4 heteroatoms. The molecule has 0 saturated carbocycles. The Hall–Kier alpha value is -0.610. The van der Waals surface area contributed by atoms with Gasteiger partial charge in [-0.2, -0.15) is 0 Å². The van der Waals surface area contributed by atoms with Gasteiger partial charge in [0.05, 0.1) is 12.1 Å². The van der Waals surface area contributed by atoms with Gasteiger partial charge in [-0.25, -0.2) is 0 Å². The molecule has 0 aliphatic rings. The van der Waals surface area contributed by atoms with Gasteiger partial charge < -0.3 is 15.7 Å². The summed E-state index contributed by atoms with van der Waals surface area (Å²) in [5.41, 5.74) is -0.735. The minimum absolute atomic E-state index is 0.0298. The van der Waals surface area contributed by atoms with Gasteiger partial charge in [0.2, 0.25) is 5.91 Å². The molecule has 1 unspecified atom stereocenters. The van der Waals surface area contributed by atoms with Crippen molar-refractivity contribution in [3.05, 3.63) is 0 Å². The molecule has 0 aromatic heterocycles. The van der Waals surface area contributed by atoms with Crippen molar-refractivity contribution in [2.45, 2.75) is 39.7 Å². The molecule has 0 aromatic rings. The van der Waals surface area contributed by atoms with Crippen molar-refractivity contribution in [2.75, 3.05) is 19.6 Å². The predicted octanol–water partition coefficient (Wildman–Crippen LogP) is 0.509. The fourth-order valence-electron chi connectivity index (χ4n) is 1.66. The average Bonchev–Trinajstić information content (AvgIpc) is 2.01. The van der Waals surface area contributed by atoms with Crippen LogP contribution >= 0.6 is 0 Å². The van der Waals surface area contributed by atoms with Crippen LogP contribution in [0.1, 0.15) is 34.1 Å². The molecule has 0 bridgehead atoms. The summed E-state index contributed by atoms with van der Waals surface area (Å²) in [6, 6.07) is 0. The zero-order valence-electron chi connectivity index (χ0n) is 10.3. The molecule has 0 spiro atoms. The lowest BCUT2D eigenvalue weighted by molar-refractivity contribution is -0.120. The molecule has 0 fully saturated rings. The van der Waals surface area contributed by atoms with Crippen molar-refractivity contribution in [1.29, 1.82) is 0 Å². The smallest absolute Gasteiger partial charge is 0.233 e. The molecule has 0 aliphatic heterocycles. The molecular formula is C11H24N2O2. The Labute approximate surface area is 92.4 Å². The Morgan fingerprint density at radius 2 is 2.07 bits per heavy atom. The van der Waals surface area contributed by atoms with Crippen molar-refractivity contribution in [3.8, 4) is 0 Å². The Morgan fingerprint density at radius 1 is 1.47 bits per heavy atom. The summed E-state index contributed by atoms with van der Waals surface area (Å²) >= 11 is 0. The van der Waals surface area contributed by atoms with Crippen LogP contribution < -0.4 is 10.6 Å². The second kappa shape index (κ2) is 6.80. The zero-order valence-corrected chi connectivity index (χ0v) is 10.3. The quantitative estimate of drug-likeness (QED) is 0.581. The fraction of sp³-hybridized carbons (Fsp3) is 0.909. The van der Waals surface area contributed by atoms with Crippen molar-refractivity contribution in [3.63, 3.8) is 0 Å². The largest absolute Gasteiger partial charge is 0.389 e. The molecular weight excluding hydrogens is 192 g/mol. The van der Waals surface area contributed by atoms with Crippen LogP contribution in [0.15, 0.2) is 0 Å². The van der Waals surface area contributed by atoms with Gasteiger partial charge >= 0.3 is 0 Å². The van der Waals surface area contributed by atoms with Gasteiger partial charge in [0, 0.05) is 13.1 Å². The number of amides is 1. The Bertz CT molecular complexity index is 191. The maximum atomic E-state index is 11.1. The lowest BCUT2D eigenvalue weighted by Gasteiger charge is -2.25. The monoisotopic (exact) mass is 216 g/mol. The van der Waals surface area contributed by atoms with Gasteiger partial charge in [0.1, 0.15) is 0 Å². The summed E-state index contributed by atoms with van der Waals surface area (Å²) in [6.45, 7) is 9.16. The predicted molar refractivity (Wildman–Crippen MR) is 61.6 cm³/mol. The highest BCUT2D eigenvalue weighted by Crippen LogP contribution is 2.14. The molecule has 1 amide bonds. The van der Waals surface area contributed by atoms with Crippen LogP contribution in [0.4, 0.5) is 0 Å². The first-order chi connectivity index (χ1) is 6.87. The van der Waals surface area contributed by atoms with E-state index in [1.807, 2.05) is 6.92 Å². The van der Waals surface area contributed by atoms with Crippen LogP contribution in [0.5, 0.6) is 0 Å². The maximum Gasteiger partial charge on any atom is 0.233 e. The first kappa shape index (κ1) is 14.4. The van der Waals surface area contributed by atoms with Crippen LogP contribution in [0.2, 0.25) is 0 Å². The van der Waals surface area contributed by atoms with Crippen LogP contribution in [-0.2, 0) is 4.79 Å². The molecule has 0 rings (SSSR count). The van der Waals surface area contributed by atoms with Gasteiger partial charge in [-0.15, -0.1) is 0 Å². The van der Waals surface area contributed by atoms with E-state index in [1.165, 1.54) is 0 Å². The number of rotatable bonds is 7. The van der Waals surface area contributed by atoms with Crippen LogP contribution in [-0.4, -0.2) is 36.2 Å². The molecule has 4 nitrogen and oxygen atoms in total. The van der Waals surface area contributed by atoms with E-state index in [4.69, 9.17) is 0 Å². The van der Waals surface area contributed by atoms with E-state index >= 15 is 0 Å². The number of carbonyl (C=O) groups excluding carboxylic acids is 1. The third kappa shape index (κ3) is 8.39. The Morgan fingerprint density at radius 3 is 2.53 bits per heavy atom. The van der Waals surface area contributed by atoms with Gasteiger partial charge in [-0.3, -0.25) is 4.79 Å². The van der Waals surface area contributed by atoms with E-state index in [-0.39, 0.29) is 12.5 Å². The maximum absolute atomic E-state index is 11.1. The molecule has 0 aromatic carbocycles. The number of hydrogen-bond acceptors (Lipinski definition) is 3. The minimum atomic E-state index is -0.735. The molecule has 0 saturated heterocycles. The molecule has 0 heterocycles. The second-order valence-corrected chi connectivity index (χ2v) is 4.65. The van der Waals surface area contributed by atoms with Crippen molar-refractivity contribution >= 4 is 5.91 Å². The van der Waals surface area contributed by atoms with Gasteiger partial charge in [-0.05, 0) is 26.2 Å². The minimum Gasteiger partial charge on any atom is -0.389 e. The van der Waals surface area contributed by atoms with Crippen LogP contribution in [0.25, 0.3) is 0 Å². The first-order valence-electron chi connectivity index (χ1n) is 5.57. The van der Waals surface area contributed by atoms with Gasteiger partial charge in [0.15, 0.2) is 0 Å². The molecule has 90 valence electrons. The van der Waals surface area contributed by atoms with Crippen molar-refractivity contribution in [1.82, 2.24) is 10.6 Å². The summed E-state index contributed by atoms with van der Waals surface area (Å²) in [4.78, 5) is 11.1. The van der Waals surface area contributed by atoms with E-state index in [1.54, 1.807) is 6.92 Å². The number of hydrogen-bond donors (Lipinski definition) is 3. The van der Waals surface area contributed by atoms with Crippen molar-refractivity contribution < 1.29 is 9.90 Å². The summed E-state index contributed by atoms with van der Waals surface area (Å²) in [6.07, 6.45) is 0.732. The third-order valence-corrected chi connectivity index (χ3v) is 2.01. The highest BCUT2D eigenvalue weighted by atomic mass is 16.3. The molecule has 1 atom stereocenters.